The van der Waals surface area contributed by atoms with Crippen LogP contribution in [0.15, 0.2) is 0 Å². The van der Waals surface area contributed by atoms with Gasteiger partial charge in [-0.05, 0) is 19.3 Å². The average Bonchev–Trinajstić information content (AvgIpc) is 2.04. The molecule has 1 aliphatic carbocycles. The number of fused-ring (bicyclic) bond motifs is 1. The summed E-state index contributed by atoms with van der Waals surface area (Å²) in [7, 11) is 0. The van der Waals surface area contributed by atoms with Crippen LogP contribution < -0.4 is 10.9 Å². The number of amides is 1. The second kappa shape index (κ2) is 2.70. The predicted octanol–water partition coefficient (Wildman–Crippen LogP) is 0.542. The normalized spacial score (nSPS) is 36.9. The van der Waals surface area contributed by atoms with Crippen molar-refractivity contribution < 1.29 is 9.53 Å². The van der Waals surface area contributed by atoms with Crippen molar-refractivity contribution in [3.8, 4) is 0 Å². The van der Waals surface area contributed by atoms with Gasteiger partial charge in [0.15, 0.2) is 0 Å². The smallest absolute Gasteiger partial charge is 0.421 e. The monoisotopic (exact) mass is 156 g/mol. The van der Waals surface area contributed by atoms with Gasteiger partial charge < -0.3 is 4.74 Å². The lowest BCUT2D eigenvalue weighted by atomic mass is 9.93. The van der Waals surface area contributed by atoms with Crippen molar-refractivity contribution in [2.24, 2.45) is 0 Å². The first-order chi connectivity index (χ1) is 5.36. The molecule has 0 bridgehead atoms. The Labute approximate surface area is 65.3 Å². The van der Waals surface area contributed by atoms with Gasteiger partial charge in [0.2, 0.25) is 0 Å². The number of carbonyl (C=O) groups is 1. The first-order valence-corrected chi connectivity index (χ1v) is 4.08. The lowest BCUT2D eigenvalue weighted by Gasteiger charge is -2.35. The molecule has 0 spiro atoms. The Morgan fingerprint density at radius 3 is 3.09 bits per heavy atom. The maximum atomic E-state index is 10.7. The van der Waals surface area contributed by atoms with E-state index in [1.807, 2.05) is 0 Å². The molecule has 0 aromatic rings. The third-order valence-electron chi connectivity index (χ3n) is 2.32. The molecule has 1 saturated carbocycles. The van der Waals surface area contributed by atoms with Crippen molar-refractivity contribution in [2.75, 3.05) is 0 Å². The summed E-state index contributed by atoms with van der Waals surface area (Å²) in [5.41, 5.74) is 5.42. The van der Waals surface area contributed by atoms with E-state index in [1.54, 1.807) is 0 Å². The van der Waals surface area contributed by atoms with Gasteiger partial charge >= 0.3 is 6.09 Å². The van der Waals surface area contributed by atoms with E-state index in [1.165, 1.54) is 12.8 Å². The number of hydrogen-bond donors (Lipinski definition) is 2. The zero-order valence-electron chi connectivity index (χ0n) is 6.30. The molecule has 1 amide bonds. The molecule has 2 rings (SSSR count). The molecule has 0 aromatic heterocycles. The van der Waals surface area contributed by atoms with Crippen LogP contribution in [-0.4, -0.2) is 18.2 Å². The van der Waals surface area contributed by atoms with Crippen LogP contribution in [0.25, 0.3) is 0 Å². The van der Waals surface area contributed by atoms with Crippen molar-refractivity contribution in [3.05, 3.63) is 0 Å². The Kier molecular flexibility index (Phi) is 1.69. The van der Waals surface area contributed by atoms with E-state index in [4.69, 9.17) is 4.74 Å². The van der Waals surface area contributed by atoms with Gasteiger partial charge in [-0.25, -0.2) is 10.2 Å². The molecular formula is C7H12N2O2. The van der Waals surface area contributed by atoms with E-state index in [0.29, 0.717) is 6.04 Å². The topological polar surface area (TPSA) is 50.4 Å². The number of carbonyl (C=O) groups excluding carboxylic acids is 1. The Hall–Kier alpha value is -0.770. The van der Waals surface area contributed by atoms with Crippen LogP contribution in [0.4, 0.5) is 4.79 Å². The van der Waals surface area contributed by atoms with Crippen LogP contribution in [0.3, 0.4) is 0 Å². The highest BCUT2D eigenvalue weighted by atomic mass is 16.6. The molecule has 2 aliphatic rings. The maximum Gasteiger partial charge on any atom is 0.421 e. The van der Waals surface area contributed by atoms with Crippen LogP contribution in [0, 0.1) is 0 Å². The van der Waals surface area contributed by atoms with E-state index < -0.39 is 0 Å². The van der Waals surface area contributed by atoms with Gasteiger partial charge in [0.25, 0.3) is 0 Å². The van der Waals surface area contributed by atoms with Gasteiger partial charge in [-0.1, -0.05) is 6.42 Å². The van der Waals surface area contributed by atoms with Crippen molar-refractivity contribution in [3.63, 3.8) is 0 Å². The van der Waals surface area contributed by atoms with Crippen LogP contribution in [0.2, 0.25) is 0 Å². The molecule has 11 heavy (non-hydrogen) atoms. The number of hydrogen-bond acceptors (Lipinski definition) is 3. The summed E-state index contributed by atoms with van der Waals surface area (Å²) < 4.78 is 5.08. The highest BCUT2D eigenvalue weighted by molar-refractivity contribution is 5.67. The third kappa shape index (κ3) is 1.30. The zero-order valence-corrected chi connectivity index (χ0v) is 6.30. The minimum atomic E-state index is -0.340. The summed E-state index contributed by atoms with van der Waals surface area (Å²) in [5.74, 6) is 0. The number of rotatable bonds is 0. The Balaban J connectivity index is 1.98. The summed E-state index contributed by atoms with van der Waals surface area (Å²) in [5, 5.41) is 0. The summed E-state index contributed by atoms with van der Waals surface area (Å²) in [6, 6.07) is 0.335. The van der Waals surface area contributed by atoms with Gasteiger partial charge in [-0.3, -0.25) is 5.43 Å². The molecule has 4 nitrogen and oxygen atoms in total. The molecule has 0 aromatic carbocycles. The number of nitrogens with one attached hydrogen (secondary N) is 2. The quantitative estimate of drug-likeness (QED) is 0.538. The lowest BCUT2D eigenvalue weighted by Crippen LogP contribution is -2.58. The Morgan fingerprint density at radius 2 is 2.18 bits per heavy atom. The number of ether oxygens (including phenoxy) is 1. The van der Waals surface area contributed by atoms with E-state index >= 15 is 0 Å². The first-order valence-electron chi connectivity index (χ1n) is 4.08. The highest BCUT2D eigenvalue weighted by Gasteiger charge is 2.31. The largest absolute Gasteiger partial charge is 0.444 e. The van der Waals surface area contributed by atoms with E-state index in [2.05, 4.69) is 10.9 Å². The van der Waals surface area contributed by atoms with Crippen LogP contribution >= 0.6 is 0 Å². The number of hydrazine groups is 1. The van der Waals surface area contributed by atoms with Crippen molar-refractivity contribution in [1.29, 1.82) is 0 Å². The molecule has 0 radical (unpaired) electrons. The molecule has 1 aliphatic heterocycles. The van der Waals surface area contributed by atoms with Crippen molar-refractivity contribution >= 4 is 6.09 Å². The summed E-state index contributed by atoms with van der Waals surface area (Å²) in [6.07, 6.45) is 4.28. The van der Waals surface area contributed by atoms with Crippen LogP contribution in [0.1, 0.15) is 25.7 Å². The van der Waals surface area contributed by atoms with E-state index in [0.717, 1.165) is 12.8 Å². The predicted molar refractivity (Wildman–Crippen MR) is 38.8 cm³/mol. The van der Waals surface area contributed by atoms with Crippen LogP contribution in [0.5, 0.6) is 0 Å². The summed E-state index contributed by atoms with van der Waals surface area (Å²) in [4.78, 5) is 10.7. The van der Waals surface area contributed by atoms with Gasteiger partial charge in [0.1, 0.15) is 6.10 Å². The molecule has 2 unspecified atom stereocenters. The molecule has 2 atom stereocenters. The first kappa shape index (κ1) is 6.91. The highest BCUT2D eigenvalue weighted by Crippen LogP contribution is 2.22. The molecule has 62 valence electrons. The fourth-order valence-electron chi connectivity index (χ4n) is 1.72. The minimum Gasteiger partial charge on any atom is -0.444 e. The molecule has 2 fully saturated rings. The molecule has 1 heterocycles. The SMILES string of the molecule is O=C1NNC2CCCCC2O1. The van der Waals surface area contributed by atoms with Crippen molar-refractivity contribution in [1.82, 2.24) is 10.9 Å². The van der Waals surface area contributed by atoms with Crippen molar-refractivity contribution in [2.45, 2.75) is 37.8 Å². The Morgan fingerprint density at radius 1 is 1.36 bits per heavy atom. The second-order valence-corrected chi connectivity index (χ2v) is 3.10. The van der Waals surface area contributed by atoms with Gasteiger partial charge in [0, 0.05) is 0 Å². The maximum absolute atomic E-state index is 10.7. The van der Waals surface area contributed by atoms with E-state index in [-0.39, 0.29) is 12.2 Å². The average molecular weight is 156 g/mol. The van der Waals surface area contributed by atoms with Crippen LogP contribution in [-0.2, 0) is 4.74 Å². The molecular weight excluding hydrogens is 144 g/mol. The second-order valence-electron chi connectivity index (χ2n) is 3.10. The zero-order chi connectivity index (χ0) is 7.68. The van der Waals surface area contributed by atoms with Gasteiger partial charge in [-0.2, -0.15) is 0 Å². The van der Waals surface area contributed by atoms with Gasteiger partial charge in [-0.15, -0.1) is 0 Å². The fraction of sp³-hybridized carbons (Fsp3) is 0.857. The fourth-order valence-corrected chi connectivity index (χ4v) is 1.72. The van der Waals surface area contributed by atoms with E-state index in [9.17, 15) is 4.79 Å². The molecule has 1 saturated heterocycles. The lowest BCUT2D eigenvalue weighted by molar-refractivity contribution is 0.0179. The Bertz CT molecular complexity index is 172. The third-order valence-corrected chi connectivity index (χ3v) is 2.32. The minimum absolute atomic E-state index is 0.109. The van der Waals surface area contributed by atoms with Gasteiger partial charge in [0.05, 0.1) is 6.04 Å². The molecule has 2 N–H and O–H groups in total. The molecule has 4 heteroatoms. The standard InChI is InChI=1S/C7H12N2O2/c10-7-9-8-5-3-1-2-4-6(5)11-7/h5-6,8H,1-4H2,(H,9,10). The summed E-state index contributed by atoms with van der Waals surface area (Å²) in [6.45, 7) is 0. The summed E-state index contributed by atoms with van der Waals surface area (Å²) >= 11 is 0.